The van der Waals surface area contributed by atoms with E-state index in [0.717, 1.165) is 5.56 Å². The van der Waals surface area contributed by atoms with Gasteiger partial charge in [0.2, 0.25) is 0 Å². The van der Waals surface area contributed by atoms with E-state index in [1.54, 1.807) is 50.6 Å². The SMILES string of the molecule is COc1cccc(N(C)S(=O)(=O)c2ccc(OC)c(C)c2)c1. The third-order valence-electron chi connectivity index (χ3n) is 3.44. The Morgan fingerprint density at radius 1 is 1.00 bits per heavy atom. The lowest BCUT2D eigenvalue weighted by atomic mass is 10.2. The Hall–Kier alpha value is -2.21. The second kappa shape index (κ2) is 6.27. The Balaban J connectivity index is 2.42. The molecule has 0 saturated heterocycles. The van der Waals surface area contributed by atoms with Gasteiger partial charge in [0.25, 0.3) is 10.0 Å². The third kappa shape index (κ3) is 3.01. The van der Waals surface area contributed by atoms with Crippen LogP contribution in [-0.4, -0.2) is 29.7 Å². The first kappa shape index (κ1) is 16.2. The zero-order valence-electron chi connectivity index (χ0n) is 13.0. The molecule has 2 aromatic rings. The van der Waals surface area contributed by atoms with E-state index >= 15 is 0 Å². The van der Waals surface area contributed by atoms with E-state index in [2.05, 4.69) is 0 Å². The molecule has 0 spiro atoms. The van der Waals surface area contributed by atoms with Gasteiger partial charge in [-0.25, -0.2) is 8.42 Å². The highest BCUT2D eigenvalue weighted by Crippen LogP contribution is 2.27. The zero-order chi connectivity index (χ0) is 16.3. The van der Waals surface area contributed by atoms with Crippen LogP contribution in [-0.2, 0) is 10.0 Å². The molecule has 2 aromatic carbocycles. The smallest absolute Gasteiger partial charge is 0.264 e. The normalized spacial score (nSPS) is 11.1. The predicted octanol–water partition coefficient (Wildman–Crippen LogP) is 2.84. The highest BCUT2D eigenvalue weighted by molar-refractivity contribution is 7.92. The molecule has 0 radical (unpaired) electrons. The summed E-state index contributed by atoms with van der Waals surface area (Å²) in [6, 6.07) is 11.7. The van der Waals surface area contributed by atoms with Crippen molar-refractivity contribution in [2.75, 3.05) is 25.6 Å². The fraction of sp³-hybridized carbons (Fsp3) is 0.250. The molecule has 0 N–H and O–H groups in total. The maximum Gasteiger partial charge on any atom is 0.264 e. The average molecular weight is 321 g/mol. The summed E-state index contributed by atoms with van der Waals surface area (Å²) in [6.07, 6.45) is 0. The maximum absolute atomic E-state index is 12.7. The molecule has 0 aliphatic rings. The van der Waals surface area contributed by atoms with Gasteiger partial charge in [0.15, 0.2) is 0 Å². The molecule has 22 heavy (non-hydrogen) atoms. The molecule has 0 fully saturated rings. The lowest BCUT2D eigenvalue weighted by Crippen LogP contribution is -2.26. The molecule has 0 unspecified atom stereocenters. The Kier molecular flexibility index (Phi) is 4.61. The van der Waals surface area contributed by atoms with E-state index in [9.17, 15) is 8.42 Å². The number of rotatable bonds is 5. The molecule has 6 heteroatoms. The molecule has 0 bridgehead atoms. The van der Waals surface area contributed by atoms with Crippen molar-refractivity contribution in [2.45, 2.75) is 11.8 Å². The number of benzene rings is 2. The summed E-state index contributed by atoms with van der Waals surface area (Å²) in [6.45, 7) is 1.81. The second-order valence-electron chi connectivity index (χ2n) is 4.81. The van der Waals surface area contributed by atoms with Crippen molar-refractivity contribution < 1.29 is 17.9 Å². The highest BCUT2D eigenvalue weighted by atomic mass is 32.2. The number of methoxy groups -OCH3 is 2. The van der Waals surface area contributed by atoms with Crippen LogP contribution in [0.4, 0.5) is 5.69 Å². The molecule has 0 atom stereocenters. The number of hydrogen-bond acceptors (Lipinski definition) is 4. The van der Waals surface area contributed by atoms with E-state index in [1.807, 2.05) is 6.92 Å². The quantitative estimate of drug-likeness (QED) is 0.850. The molecule has 0 amide bonds. The number of sulfonamides is 1. The topological polar surface area (TPSA) is 55.8 Å². The van der Waals surface area contributed by atoms with Gasteiger partial charge in [0.1, 0.15) is 11.5 Å². The van der Waals surface area contributed by atoms with Crippen molar-refractivity contribution in [3.05, 3.63) is 48.0 Å². The number of aryl methyl sites for hydroxylation is 1. The summed E-state index contributed by atoms with van der Waals surface area (Å²) < 4.78 is 37.0. The van der Waals surface area contributed by atoms with Gasteiger partial charge in [-0.1, -0.05) is 6.07 Å². The van der Waals surface area contributed by atoms with Gasteiger partial charge in [-0.3, -0.25) is 4.31 Å². The van der Waals surface area contributed by atoms with Crippen LogP contribution in [0.1, 0.15) is 5.56 Å². The Morgan fingerprint density at radius 2 is 1.73 bits per heavy atom. The molecule has 0 aliphatic carbocycles. The van der Waals surface area contributed by atoms with Crippen LogP contribution >= 0.6 is 0 Å². The fourth-order valence-electron chi connectivity index (χ4n) is 2.11. The number of nitrogens with zero attached hydrogens (tertiary/aromatic N) is 1. The molecular formula is C16H19NO4S. The summed E-state index contributed by atoms with van der Waals surface area (Å²) in [7, 11) is 0.972. The largest absolute Gasteiger partial charge is 0.497 e. The molecule has 2 rings (SSSR count). The number of anilines is 1. The van der Waals surface area contributed by atoms with Gasteiger partial charge in [-0.05, 0) is 42.8 Å². The summed E-state index contributed by atoms with van der Waals surface area (Å²) in [5.41, 5.74) is 1.30. The van der Waals surface area contributed by atoms with Gasteiger partial charge in [-0.2, -0.15) is 0 Å². The minimum atomic E-state index is -3.64. The lowest BCUT2D eigenvalue weighted by molar-refractivity contribution is 0.411. The Morgan fingerprint density at radius 3 is 2.32 bits per heavy atom. The van der Waals surface area contributed by atoms with Gasteiger partial charge < -0.3 is 9.47 Å². The maximum atomic E-state index is 12.7. The van der Waals surface area contributed by atoms with E-state index < -0.39 is 10.0 Å². The molecule has 0 aromatic heterocycles. The van der Waals surface area contributed by atoms with Crippen LogP contribution in [0, 0.1) is 6.92 Å². The number of hydrogen-bond donors (Lipinski definition) is 0. The minimum Gasteiger partial charge on any atom is -0.497 e. The van der Waals surface area contributed by atoms with Crippen LogP contribution in [0.2, 0.25) is 0 Å². The van der Waals surface area contributed by atoms with Crippen molar-refractivity contribution in [1.29, 1.82) is 0 Å². The summed E-state index contributed by atoms with van der Waals surface area (Å²) in [5.74, 6) is 1.26. The second-order valence-corrected chi connectivity index (χ2v) is 6.77. The van der Waals surface area contributed by atoms with Gasteiger partial charge in [-0.15, -0.1) is 0 Å². The summed E-state index contributed by atoms with van der Waals surface area (Å²) >= 11 is 0. The molecule has 0 saturated carbocycles. The predicted molar refractivity (Wildman–Crippen MR) is 86.3 cm³/mol. The Labute approximate surface area is 131 Å². The van der Waals surface area contributed by atoms with Crippen LogP contribution in [0.5, 0.6) is 11.5 Å². The first-order chi connectivity index (χ1) is 10.4. The minimum absolute atomic E-state index is 0.219. The van der Waals surface area contributed by atoms with Crippen molar-refractivity contribution in [3.63, 3.8) is 0 Å². The third-order valence-corrected chi connectivity index (χ3v) is 5.22. The molecule has 5 nitrogen and oxygen atoms in total. The molecular weight excluding hydrogens is 302 g/mol. The average Bonchev–Trinajstić information content (AvgIpc) is 2.54. The standard InChI is InChI=1S/C16H19NO4S/c1-12-10-15(8-9-16(12)21-4)22(18,19)17(2)13-6-5-7-14(11-13)20-3/h5-11H,1-4H3. The summed E-state index contributed by atoms with van der Waals surface area (Å²) in [4.78, 5) is 0.219. The first-order valence-corrected chi connectivity index (χ1v) is 8.12. The van der Waals surface area contributed by atoms with Gasteiger partial charge in [0.05, 0.1) is 24.8 Å². The Bertz CT molecular complexity index is 771. The van der Waals surface area contributed by atoms with Crippen LogP contribution in [0.3, 0.4) is 0 Å². The first-order valence-electron chi connectivity index (χ1n) is 6.67. The van der Waals surface area contributed by atoms with Crippen molar-refractivity contribution in [1.82, 2.24) is 0 Å². The molecule has 0 aliphatic heterocycles. The number of ether oxygens (including phenoxy) is 2. The molecule has 0 heterocycles. The highest BCUT2D eigenvalue weighted by Gasteiger charge is 2.22. The fourth-order valence-corrected chi connectivity index (χ4v) is 3.39. The van der Waals surface area contributed by atoms with Gasteiger partial charge >= 0.3 is 0 Å². The van der Waals surface area contributed by atoms with Crippen LogP contribution in [0.25, 0.3) is 0 Å². The van der Waals surface area contributed by atoms with E-state index in [-0.39, 0.29) is 4.90 Å². The van der Waals surface area contributed by atoms with E-state index in [4.69, 9.17) is 9.47 Å². The monoisotopic (exact) mass is 321 g/mol. The van der Waals surface area contributed by atoms with Crippen molar-refractivity contribution in [2.24, 2.45) is 0 Å². The van der Waals surface area contributed by atoms with Crippen LogP contribution in [0.15, 0.2) is 47.4 Å². The van der Waals surface area contributed by atoms with E-state index in [1.165, 1.54) is 17.4 Å². The molecule has 118 valence electrons. The van der Waals surface area contributed by atoms with Gasteiger partial charge in [0, 0.05) is 13.1 Å². The van der Waals surface area contributed by atoms with Crippen molar-refractivity contribution in [3.8, 4) is 11.5 Å². The van der Waals surface area contributed by atoms with Crippen LogP contribution < -0.4 is 13.8 Å². The van der Waals surface area contributed by atoms with E-state index in [0.29, 0.717) is 17.2 Å². The lowest BCUT2D eigenvalue weighted by Gasteiger charge is -2.20. The van der Waals surface area contributed by atoms with Crippen molar-refractivity contribution >= 4 is 15.7 Å². The zero-order valence-corrected chi connectivity index (χ0v) is 13.8. The summed E-state index contributed by atoms with van der Waals surface area (Å²) in [5, 5.41) is 0.